The van der Waals surface area contributed by atoms with Crippen molar-refractivity contribution in [2.75, 3.05) is 0 Å². The number of hydrogen-bond acceptors (Lipinski definition) is 2. The highest BCUT2D eigenvalue weighted by Gasteiger charge is 1.94. The van der Waals surface area contributed by atoms with Crippen LogP contribution in [-0.2, 0) is 0 Å². The van der Waals surface area contributed by atoms with Crippen molar-refractivity contribution in [2.24, 2.45) is 0 Å². The van der Waals surface area contributed by atoms with Crippen molar-refractivity contribution in [2.45, 2.75) is 39.9 Å². The molecule has 0 heterocycles. The fourth-order valence-electron chi connectivity index (χ4n) is 0.581. The molecule has 0 aliphatic carbocycles. The van der Waals surface area contributed by atoms with Crippen molar-refractivity contribution in [3.05, 3.63) is 36.6 Å². The minimum absolute atomic E-state index is 0.568. The monoisotopic (exact) mass is 213 g/mol. The van der Waals surface area contributed by atoms with Crippen LogP contribution in [0.25, 0.3) is 0 Å². The summed E-state index contributed by atoms with van der Waals surface area (Å²) in [5.41, 5.74) is 2.04. The summed E-state index contributed by atoms with van der Waals surface area (Å²) in [5.74, 6) is 0. The summed E-state index contributed by atoms with van der Waals surface area (Å²) in [7, 11) is 0. The molecule has 0 amide bonds. The molecule has 0 rings (SSSR count). The van der Waals surface area contributed by atoms with E-state index in [4.69, 9.17) is 0 Å². The summed E-state index contributed by atoms with van der Waals surface area (Å²) in [4.78, 5) is 0. The maximum Gasteiger partial charge on any atom is 0.0436 e. The second kappa shape index (κ2) is 10.5. The Labute approximate surface area is 93.5 Å². The first kappa shape index (κ1) is 15.8. The number of rotatable bonds is 5. The van der Waals surface area contributed by atoms with Gasteiger partial charge in [0.1, 0.15) is 0 Å². The van der Waals surface area contributed by atoms with Crippen LogP contribution in [0.5, 0.6) is 0 Å². The van der Waals surface area contributed by atoms with Gasteiger partial charge < -0.3 is 4.72 Å². The topological polar surface area (TPSA) is 12.0 Å². The van der Waals surface area contributed by atoms with Gasteiger partial charge in [0.2, 0.25) is 0 Å². The van der Waals surface area contributed by atoms with Gasteiger partial charge in [0.15, 0.2) is 0 Å². The van der Waals surface area contributed by atoms with E-state index in [2.05, 4.69) is 31.7 Å². The summed E-state index contributed by atoms with van der Waals surface area (Å²) in [6, 6.07) is 0. The third kappa shape index (κ3) is 11.4. The Kier molecular flexibility index (Phi) is 11.8. The van der Waals surface area contributed by atoms with E-state index < -0.39 is 0 Å². The average Bonchev–Trinajstić information content (AvgIpc) is 2.14. The molecule has 0 saturated heterocycles. The van der Waals surface area contributed by atoms with Crippen molar-refractivity contribution in [3.63, 3.8) is 0 Å². The van der Waals surface area contributed by atoms with E-state index in [1.54, 1.807) is 18.0 Å². The molecule has 1 nitrogen and oxygen atoms in total. The average molecular weight is 213 g/mol. The molecule has 0 aromatic carbocycles. The minimum Gasteiger partial charge on any atom is -0.330 e. The molecule has 0 aromatic rings. The molecule has 0 unspecified atom stereocenters. The molecule has 2 heteroatoms. The van der Waals surface area contributed by atoms with E-state index in [-0.39, 0.29) is 0 Å². The van der Waals surface area contributed by atoms with E-state index in [1.807, 2.05) is 26.8 Å². The summed E-state index contributed by atoms with van der Waals surface area (Å²) in [5, 5.41) is 0.568. The zero-order valence-electron chi connectivity index (χ0n) is 10.1. The summed E-state index contributed by atoms with van der Waals surface area (Å²) < 4.78 is 3.20. The standard InChI is InChI=1S/C10H17NS.C2H6/c1-6-10(7-8(2)3)11-12-9(4)5;1-2/h6-7,9,11H,1-2H2,3-5H3;1-2H3/b10-7+;. The minimum atomic E-state index is 0.568. The Bertz CT molecular complexity index is 192. The second-order valence-electron chi connectivity index (χ2n) is 2.92. The molecule has 0 aliphatic heterocycles. The van der Waals surface area contributed by atoms with Crippen LogP contribution in [0.15, 0.2) is 36.6 Å². The smallest absolute Gasteiger partial charge is 0.0436 e. The van der Waals surface area contributed by atoms with Gasteiger partial charge in [-0.2, -0.15) is 0 Å². The van der Waals surface area contributed by atoms with Crippen molar-refractivity contribution < 1.29 is 0 Å². The van der Waals surface area contributed by atoms with Gasteiger partial charge >= 0.3 is 0 Å². The van der Waals surface area contributed by atoms with Crippen LogP contribution in [0.1, 0.15) is 34.6 Å². The van der Waals surface area contributed by atoms with Crippen LogP contribution in [0, 0.1) is 0 Å². The first-order valence-corrected chi connectivity index (χ1v) is 5.85. The largest absolute Gasteiger partial charge is 0.330 e. The van der Waals surface area contributed by atoms with E-state index in [0.717, 1.165) is 11.3 Å². The molecule has 0 atom stereocenters. The molecule has 0 bridgehead atoms. The molecule has 1 N–H and O–H groups in total. The van der Waals surface area contributed by atoms with Crippen LogP contribution in [0.4, 0.5) is 0 Å². The normalized spacial score (nSPS) is 10.3. The maximum absolute atomic E-state index is 3.80. The predicted octanol–water partition coefficient (Wildman–Crippen LogP) is 4.30. The highest BCUT2D eigenvalue weighted by Crippen LogP contribution is 2.08. The molecule has 0 aromatic heterocycles. The van der Waals surface area contributed by atoms with Gasteiger partial charge in [-0.3, -0.25) is 0 Å². The highest BCUT2D eigenvalue weighted by molar-refractivity contribution is 7.98. The molecular weight excluding hydrogens is 190 g/mol. The van der Waals surface area contributed by atoms with Gasteiger partial charge in [-0.15, -0.1) is 0 Å². The maximum atomic E-state index is 3.80. The molecule has 0 fully saturated rings. The summed E-state index contributed by atoms with van der Waals surface area (Å²) in [6.07, 6.45) is 3.77. The Hall–Kier alpha value is -0.630. The van der Waals surface area contributed by atoms with Crippen molar-refractivity contribution in [1.82, 2.24) is 4.72 Å². The van der Waals surface area contributed by atoms with Crippen molar-refractivity contribution in [3.8, 4) is 0 Å². The third-order valence-corrected chi connectivity index (χ3v) is 1.86. The molecule has 14 heavy (non-hydrogen) atoms. The van der Waals surface area contributed by atoms with Gasteiger partial charge in [0.05, 0.1) is 0 Å². The number of nitrogens with one attached hydrogen (secondary N) is 1. The molecule has 0 radical (unpaired) electrons. The van der Waals surface area contributed by atoms with Crippen LogP contribution < -0.4 is 4.72 Å². The fraction of sp³-hybridized carbons (Fsp3) is 0.500. The first-order chi connectivity index (χ1) is 6.56. The van der Waals surface area contributed by atoms with E-state index in [0.29, 0.717) is 5.25 Å². The third-order valence-electron chi connectivity index (χ3n) is 1.03. The van der Waals surface area contributed by atoms with Gasteiger partial charge in [0.25, 0.3) is 0 Å². The highest BCUT2D eigenvalue weighted by atomic mass is 32.2. The lowest BCUT2D eigenvalue weighted by molar-refractivity contribution is 1.09. The van der Waals surface area contributed by atoms with Gasteiger partial charge in [-0.1, -0.05) is 46.4 Å². The zero-order valence-corrected chi connectivity index (χ0v) is 10.9. The second-order valence-corrected chi connectivity index (χ2v) is 4.30. The SMILES string of the molecule is C=C/C(=C\C(=C)C)NSC(C)C.CC. The first-order valence-electron chi connectivity index (χ1n) is 4.97. The van der Waals surface area contributed by atoms with Crippen molar-refractivity contribution >= 4 is 11.9 Å². The zero-order chi connectivity index (χ0) is 11.6. The lowest BCUT2D eigenvalue weighted by atomic mass is 10.3. The summed E-state index contributed by atoms with van der Waals surface area (Å²) >= 11 is 1.68. The van der Waals surface area contributed by atoms with E-state index in [1.165, 1.54) is 0 Å². The molecule has 0 aliphatic rings. The Balaban J connectivity index is 0. The fourth-order valence-corrected chi connectivity index (χ4v) is 1.10. The Morgan fingerprint density at radius 2 is 1.86 bits per heavy atom. The lowest BCUT2D eigenvalue weighted by Gasteiger charge is -2.08. The van der Waals surface area contributed by atoms with E-state index >= 15 is 0 Å². The molecule has 0 saturated carbocycles. The molecular formula is C12H23NS. The molecule has 0 spiro atoms. The number of allylic oxidation sites excluding steroid dienone is 3. The van der Waals surface area contributed by atoms with Gasteiger partial charge in [-0.05, 0) is 31.0 Å². The Morgan fingerprint density at radius 3 is 2.14 bits per heavy atom. The lowest BCUT2D eigenvalue weighted by Crippen LogP contribution is -2.05. The van der Waals surface area contributed by atoms with Gasteiger partial charge in [-0.25, -0.2) is 0 Å². The van der Waals surface area contributed by atoms with Crippen LogP contribution in [-0.4, -0.2) is 5.25 Å². The van der Waals surface area contributed by atoms with Crippen LogP contribution >= 0.6 is 11.9 Å². The predicted molar refractivity (Wildman–Crippen MR) is 70.3 cm³/mol. The summed E-state index contributed by atoms with van der Waals surface area (Å²) in [6.45, 7) is 17.7. The van der Waals surface area contributed by atoms with Crippen LogP contribution in [0.2, 0.25) is 0 Å². The van der Waals surface area contributed by atoms with Crippen molar-refractivity contribution in [1.29, 1.82) is 0 Å². The quantitative estimate of drug-likeness (QED) is 0.539. The van der Waals surface area contributed by atoms with Crippen LogP contribution in [0.3, 0.4) is 0 Å². The van der Waals surface area contributed by atoms with Gasteiger partial charge in [0, 0.05) is 10.9 Å². The van der Waals surface area contributed by atoms with E-state index in [9.17, 15) is 0 Å². The Morgan fingerprint density at radius 1 is 1.36 bits per heavy atom. The molecule has 82 valence electrons. The number of hydrogen-bond donors (Lipinski definition) is 1.